The smallest absolute Gasteiger partial charge is 0.0541 e. The highest BCUT2D eigenvalue weighted by atomic mass is 15.0. The van der Waals surface area contributed by atoms with Crippen LogP contribution in [-0.4, -0.2) is 13.7 Å². The monoisotopic (exact) mass is 1010 g/mol. The molecule has 17 rings (SSSR count). The van der Waals surface area contributed by atoms with Crippen LogP contribution < -0.4 is 0 Å². The second-order valence-corrected chi connectivity index (χ2v) is 23.3. The predicted molar refractivity (Wildman–Crippen MR) is 333 cm³/mol. The van der Waals surface area contributed by atoms with Gasteiger partial charge in [0.2, 0.25) is 0 Å². The maximum absolute atomic E-state index is 2.49. The van der Waals surface area contributed by atoms with Crippen molar-refractivity contribution in [2.45, 2.75) is 38.5 Å². The summed E-state index contributed by atoms with van der Waals surface area (Å²) in [6, 6.07) is 93.8. The van der Waals surface area contributed by atoms with Gasteiger partial charge in [0, 0.05) is 60.2 Å². The van der Waals surface area contributed by atoms with Crippen molar-refractivity contribution >= 4 is 76.2 Å². The number of hydrogen-bond acceptors (Lipinski definition) is 0. The lowest BCUT2D eigenvalue weighted by atomic mass is 9.82. The quantitative estimate of drug-likeness (QED) is 0.163. The Morgan fingerprint density at radius 3 is 1.23 bits per heavy atom. The lowest BCUT2D eigenvalue weighted by molar-refractivity contribution is 0.660. The van der Waals surface area contributed by atoms with Gasteiger partial charge in [-0.3, -0.25) is 0 Å². The molecular weight excluding hydrogens is 955 g/mol. The third-order valence-electron chi connectivity index (χ3n) is 18.4. The molecule has 3 heteroatoms. The highest BCUT2D eigenvalue weighted by molar-refractivity contribution is 6.13. The van der Waals surface area contributed by atoms with Gasteiger partial charge in [0.05, 0.1) is 33.1 Å². The molecule has 3 nitrogen and oxygen atoms in total. The zero-order chi connectivity index (χ0) is 52.5. The first kappa shape index (κ1) is 44.4. The maximum atomic E-state index is 2.49. The molecule has 372 valence electrons. The Bertz CT molecular complexity index is 5090. The fourth-order valence-corrected chi connectivity index (χ4v) is 14.6. The van der Waals surface area contributed by atoms with Crippen molar-refractivity contribution in [3.05, 3.63) is 271 Å². The molecule has 2 aliphatic rings. The molecule has 0 amide bonds. The summed E-state index contributed by atoms with van der Waals surface area (Å²) < 4.78 is 7.43. The number of fused-ring (bicyclic) bond motifs is 17. The predicted octanol–water partition coefficient (Wildman–Crippen LogP) is 20.1. The molecule has 0 saturated carbocycles. The van der Waals surface area contributed by atoms with Crippen LogP contribution in [-0.2, 0) is 10.8 Å². The van der Waals surface area contributed by atoms with Gasteiger partial charge in [-0.05, 0) is 169 Å². The normalized spacial score (nSPS) is 14.0. The third kappa shape index (κ3) is 6.13. The first-order valence-electron chi connectivity index (χ1n) is 27.8. The van der Waals surface area contributed by atoms with E-state index in [-0.39, 0.29) is 10.8 Å². The van der Waals surface area contributed by atoms with Gasteiger partial charge in [-0.1, -0.05) is 185 Å². The topological polar surface area (TPSA) is 14.8 Å². The highest BCUT2D eigenvalue weighted by Gasteiger charge is 2.38. The Morgan fingerprint density at radius 2 is 0.658 bits per heavy atom. The highest BCUT2D eigenvalue weighted by Crippen LogP contribution is 2.53. The van der Waals surface area contributed by atoms with Crippen molar-refractivity contribution in [1.82, 2.24) is 13.7 Å². The lowest BCUT2D eigenvalue weighted by Crippen LogP contribution is -2.15. The average molecular weight is 1010 g/mol. The summed E-state index contributed by atoms with van der Waals surface area (Å²) in [6.07, 6.45) is 0. The Balaban J connectivity index is 0.849. The summed E-state index contributed by atoms with van der Waals surface area (Å²) >= 11 is 0. The fourth-order valence-electron chi connectivity index (χ4n) is 14.6. The Labute approximate surface area is 458 Å². The minimum atomic E-state index is -0.148. The molecule has 0 aliphatic heterocycles. The average Bonchev–Trinajstić information content (AvgIpc) is 4.37. The zero-order valence-electron chi connectivity index (χ0n) is 44.5. The van der Waals surface area contributed by atoms with E-state index >= 15 is 0 Å². The SMILES string of the molecule is CC1(C)c2ccccc2-c2ccc(-n3c4ccccc4c4cc(-c5cc(-c6ccc7c(c6)c6ccccc6n7-c6ccc7c(c6)C(C)(C)c6ccc8ccccc8c6-7)cc(-n6c7ccccc7c7ccccc76)c5)ccc43)cc21. The number of rotatable bonds is 5. The molecule has 0 radical (unpaired) electrons. The van der Waals surface area contributed by atoms with Gasteiger partial charge in [-0.15, -0.1) is 0 Å². The standard InChI is InChI=1S/C76H53N3/c1-75(2)64-24-12-7-19-55(64)56-34-32-51(44-66(56)75)77-70-27-15-10-22-59(70)62-42-47(30-37-72(62)77)49-39-50(41-53(40-49)79-68-25-13-8-20-57(68)58-21-9-14-26-69(58)79)48-31-38-73-63(43-48)60-23-11-16-28-71(60)78(73)52-33-35-61-67(45-52)76(3,4)65-36-29-46-17-5-6-18-54(46)74(61)65/h5-45H,1-4H3. The van der Waals surface area contributed by atoms with E-state index in [9.17, 15) is 0 Å². The zero-order valence-corrected chi connectivity index (χ0v) is 44.5. The second-order valence-electron chi connectivity index (χ2n) is 23.3. The van der Waals surface area contributed by atoms with E-state index in [2.05, 4.69) is 290 Å². The third-order valence-corrected chi connectivity index (χ3v) is 18.4. The van der Waals surface area contributed by atoms with Crippen LogP contribution in [0.2, 0.25) is 0 Å². The van der Waals surface area contributed by atoms with Crippen molar-refractivity contribution < 1.29 is 0 Å². The molecule has 79 heavy (non-hydrogen) atoms. The Morgan fingerprint density at radius 1 is 0.241 bits per heavy atom. The molecular formula is C76H53N3. The molecule has 0 fully saturated rings. The van der Waals surface area contributed by atoms with Gasteiger partial charge in [0.15, 0.2) is 0 Å². The summed E-state index contributed by atoms with van der Waals surface area (Å²) in [5, 5.41) is 10.1. The molecule has 3 heterocycles. The first-order chi connectivity index (χ1) is 38.7. The molecule has 0 unspecified atom stereocenters. The summed E-state index contributed by atoms with van der Waals surface area (Å²) in [5.41, 5.74) is 26.0. The van der Waals surface area contributed by atoms with Gasteiger partial charge >= 0.3 is 0 Å². The minimum Gasteiger partial charge on any atom is -0.309 e. The van der Waals surface area contributed by atoms with Crippen LogP contribution in [0.4, 0.5) is 0 Å². The van der Waals surface area contributed by atoms with Crippen LogP contribution in [0, 0.1) is 0 Å². The van der Waals surface area contributed by atoms with Crippen LogP contribution in [0.1, 0.15) is 49.9 Å². The van der Waals surface area contributed by atoms with Gasteiger partial charge in [-0.2, -0.15) is 0 Å². The maximum Gasteiger partial charge on any atom is 0.0541 e. The van der Waals surface area contributed by atoms with E-state index in [0.29, 0.717) is 0 Å². The van der Waals surface area contributed by atoms with Crippen LogP contribution in [0.3, 0.4) is 0 Å². The summed E-state index contributed by atoms with van der Waals surface area (Å²) in [5.74, 6) is 0. The van der Waals surface area contributed by atoms with E-state index in [1.54, 1.807) is 0 Å². The lowest BCUT2D eigenvalue weighted by Gasteiger charge is -2.22. The van der Waals surface area contributed by atoms with Crippen molar-refractivity contribution in [2.75, 3.05) is 0 Å². The van der Waals surface area contributed by atoms with Gasteiger partial charge in [0.25, 0.3) is 0 Å². The molecule has 3 aromatic heterocycles. The summed E-state index contributed by atoms with van der Waals surface area (Å²) in [4.78, 5) is 0. The number of hydrogen-bond donors (Lipinski definition) is 0. The van der Waals surface area contributed by atoms with Gasteiger partial charge < -0.3 is 13.7 Å². The van der Waals surface area contributed by atoms with Crippen LogP contribution in [0.25, 0.3) is 138 Å². The Hall–Kier alpha value is -9.70. The molecule has 0 saturated heterocycles. The van der Waals surface area contributed by atoms with Crippen molar-refractivity contribution in [3.63, 3.8) is 0 Å². The number of nitrogens with zero attached hydrogens (tertiary/aromatic N) is 3. The largest absolute Gasteiger partial charge is 0.309 e. The molecule has 0 atom stereocenters. The van der Waals surface area contributed by atoms with E-state index in [1.807, 2.05) is 0 Å². The van der Waals surface area contributed by atoms with Crippen molar-refractivity contribution in [1.29, 1.82) is 0 Å². The van der Waals surface area contributed by atoms with E-state index < -0.39 is 0 Å². The van der Waals surface area contributed by atoms with E-state index in [1.165, 1.54) is 154 Å². The molecule has 2 aliphatic carbocycles. The van der Waals surface area contributed by atoms with Gasteiger partial charge in [-0.25, -0.2) is 0 Å². The second kappa shape index (κ2) is 15.9. The fraction of sp³-hybridized carbons (Fsp3) is 0.0789. The number of benzene rings is 12. The summed E-state index contributed by atoms with van der Waals surface area (Å²) in [6.45, 7) is 9.52. The van der Waals surface area contributed by atoms with Crippen molar-refractivity contribution in [2.24, 2.45) is 0 Å². The van der Waals surface area contributed by atoms with Crippen molar-refractivity contribution in [3.8, 4) is 61.6 Å². The number of para-hydroxylation sites is 4. The van der Waals surface area contributed by atoms with Crippen LogP contribution in [0.5, 0.6) is 0 Å². The number of aromatic nitrogens is 3. The van der Waals surface area contributed by atoms with Crippen LogP contribution >= 0.6 is 0 Å². The minimum absolute atomic E-state index is 0.0991. The molecule has 12 aromatic carbocycles. The van der Waals surface area contributed by atoms with E-state index in [4.69, 9.17) is 0 Å². The Kier molecular flexibility index (Phi) is 8.97. The molecule has 0 spiro atoms. The molecule has 0 N–H and O–H groups in total. The molecule has 15 aromatic rings. The molecule has 0 bridgehead atoms. The first-order valence-corrected chi connectivity index (χ1v) is 27.8. The van der Waals surface area contributed by atoms with E-state index in [0.717, 1.165) is 5.69 Å². The van der Waals surface area contributed by atoms with Crippen LogP contribution in [0.15, 0.2) is 249 Å². The van der Waals surface area contributed by atoms with Gasteiger partial charge in [0.1, 0.15) is 0 Å². The summed E-state index contributed by atoms with van der Waals surface area (Å²) in [7, 11) is 0.